The minimum atomic E-state index is -3.19. The third-order valence-electron chi connectivity index (χ3n) is 1.86. The molecule has 1 aliphatic rings. The second-order valence-corrected chi connectivity index (χ2v) is 4.49. The first-order chi connectivity index (χ1) is 5.00. The summed E-state index contributed by atoms with van der Waals surface area (Å²) in [4.78, 5) is 2.10. The van der Waals surface area contributed by atoms with Gasteiger partial charge in [-0.2, -0.15) is 4.31 Å². The Hall–Kier alpha value is -0.130. The van der Waals surface area contributed by atoms with Gasteiger partial charge in [0.1, 0.15) is 0 Å². The second-order valence-electron chi connectivity index (χ2n) is 2.81. The molecule has 0 N–H and O–H groups in total. The summed E-state index contributed by atoms with van der Waals surface area (Å²) in [5.41, 5.74) is 0. The molecule has 0 spiro atoms. The van der Waals surface area contributed by atoms with Gasteiger partial charge in [0.2, 0.25) is 10.0 Å². The monoisotopic (exact) mass is 177 g/mol. The van der Waals surface area contributed by atoms with Gasteiger partial charge in [-0.25, -0.2) is 8.42 Å². The average Bonchev–Trinajstić information content (AvgIpc) is 1.86. The number of sulfonamides is 1. The third-order valence-corrected chi connectivity index (χ3v) is 3.01. The zero-order chi connectivity index (χ0) is 8.48. The van der Waals surface area contributed by atoms with Gasteiger partial charge in [-0.15, -0.1) is 0 Å². The van der Waals surface area contributed by atoms with E-state index in [4.69, 9.17) is 0 Å². The van der Waals surface area contributed by atoms with Crippen molar-refractivity contribution in [1.29, 1.82) is 0 Å². The Morgan fingerprint density at radius 2 is 1.64 bits per heavy atom. The van der Waals surface area contributed by atoms with Gasteiger partial charge in [-0.3, -0.25) is 0 Å². The van der Waals surface area contributed by atoms with Crippen LogP contribution in [-0.2, 0) is 10.0 Å². The molecular formula is C6H13N2O2S. The van der Waals surface area contributed by atoms with Crippen LogP contribution in [-0.4, -0.2) is 50.8 Å². The Morgan fingerprint density at radius 1 is 1.18 bits per heavy atom. The number of piperazine rings is 1. The summed E-state index contributed by atoms with van der Waals surface area (Å²) in [6.07, 6.45) is 3.10. The van der Waals surface area contributed by atoms with Crippen LogP contribution in [0.15, 0.2) is 0 Å². The summed E-state index contributed by atoms with van der Waals surface area (Å²) < 4.78 is 23.2. The van der Waals surface area contributed by atoms with E-state index < -0.39 is 10.0 Å². The zero-order valence-electron chi connectivity index (χ0n) is 6.65. The third kappa shape index (κ3) is 2.43. The van der Waals surface area contributed by atoms with Crippen LogP contribution in [0.4, 0.5) is 0 Å². The second kappa shape index (κ2) is 3.08. The van der Waals surface area contributed by atoms with Gasteiger partial charge in [0.15, 0.2) is 0 Å². The van der Waals surface area contributed by atoms with Gasteiger partial charge in [-0.1, -0.05) is 0 Å². The van der Waals surface area contributed by atoms with Crippen LogP contribution in [0, 0.1) is 6.26 Å². The summed E-state index contributed by atoms with van der Waals surface area (Å²) >= 11 is 0. The zero-order valence-corrected chi connectivity index (χ0v) is 7.47. The fraction of sp³-hybridized carbons (Fsp3) is 0.833. The van der Waals surface area contributed by atoms with E-state index in [1.54, 1.807) is 0 Å². The molecular weight excluding hydrogens is 164 g/mol. The van der Waals surface area contributed by atoms with E-state index in [1.807, 2.05) is 7.05 Å². The lowest BCUT2D eigenvalue weighted by Gasteiger charge is -2.30. The molecule has 1 fully saturated rings. The van der Waals surface area contributed by atoms with E-state index in [0.29, 0.717) is 13.1 Å². The van der Waals surface area contributed by atoms with Crippen LogP contribution < -0.4 is 0 Å². The van der Waals surface area contributed by atoms with Crippen molar-refractivity contribution < 1.29 is 8.42 Å². The van der Waals surface area contributed by atoms with Crippen LogP contribution >= 0.6 is 0 Å². The molecule has 4 nitrogen and oxygen atoms in total. The highest BCUT2D eigenvalue weighted by Gasteiger charge is 2.20. The number of hydrogen-bond donors (Lipinski definition) is 0. The number of rotatable bonds is 1. The molecule has 65 valence electrons. The van der Waals surface area contributed by atoms with Crippen molar-refractivity contribution in [2.75, 3.05) is 33.2 Å². The van der Waals surface area contributed by atoms with Gasteiger partial charge < -0.3 is 4.90 Å². The topological polar surface area (TPSA) is 40.6 Å². The summed E-state index contributed by atoms with van der Waals surface area (Å²) in [7, 11) is -1.21. The molecule has 0 atom stereocenters. The molecule has 1 radical (unpaired) electrons. The largest absolute Gasteiger partial charge is 0.304 e. The fourth-order valence-corrected chi connectivity index (χ4v) is 1.79. The van der Waals surface area contributed by atoms with Gasteiger partial charge in [0.05, 0.1) is 6.26 Å². The van der Waals surface area contributed by atoms with Crippen molar-refractivity contribution in [2.24, 2.45) is 0 Å². The van der Waals surface area contributed by atoms with Crippen LogP contribution in [0.5, 0.6) is 0 Å². The molecule has 0 aromatic rings. The predicted molar refractivity (Wildman–Crippen MR) is 43.3 cm³/mol. The summed E-state index contributed by atoms with van der Waals surface area (Å²) in [6.45, 7) is 2.74. The summed E-state index contributed by atoms with van der Waals surface area (Å²) in [5, 5.41) is 0. The van der Waals surface area contributed by atoms with E-state index in [0.717, 1.165) is 13.1 Å². The van der Waals surface area contributed by atoms with E-state index in [2.05, 4.69) is 11.2 Å². The molecule has 0 unspecified atom stereocenters. The number of hydrogen-bond acceptors (Lipinski definition) is 3. The van der Waals surface area contributed by atoms with Gasteiger partial charge >= 0.3 is 0 Å². The SMILES string of the molecule is [CH2]S(=O)(=O)N1CCN(C)CC1. The Morgan fingerprint density at radius 3 is 2.00 bits per heavy atom. The normalized spacial score (nSPS) is 23.8. The lowest BCUT2D eigenvalue weighted by atomic mass is 10.4. The molecule has 1 rings (SSSR count). The molecule has 1 aliphatic heterocycles. The Labute approximate surface area is 67.8 Å². The van der Waals surface area contributed by atoms with E-state index >= 15 is 0 Å². The van der Waals surface area contributed by atoms with Gasteiger partial charge in [0.25, 0.3) is 0 Å². The lowest BCUT2D eigenvalue weighted by molar-refractivity contribution is 0.223. The van der Waals surface area contributed by atoms with Crippen molar-refractivity contribution in [3.8, 4) is 0 Å². The van der Waals surface area contributed by atoms with E-state index in [9.17, 15) is 8.42 Å². The van der Waals surface area contributed by atoms with Crippen LogP contribution in [0.1, 0.15) is 0 Å². The summed E-state index contributed by atoms with van der Waals surface area (Å²) in [5.74, 6) is 0. The molecule has 1 heterocycles. The van der Waals surface area contributed by atoms with Crippen molar-refractivity contribution >= 4 is 10.0 Å². The quantitative estimate of drug-likeness (QED) is 0.534. The van der Waals surface area contributed by atoms with Crippen LogP contribution in [0.25, 0.3) is 0 Å². The molecule has 0 aromatic heterocycles. The first kappa shape index (κ1) is 8.96. The minimum Gasteiger partial charge on any atom is -0.304 e. The molecule has 0 aliphatic carbocycles. The van der Waals surface area contributed by atoms with Gasteiger partial charge in [0, 0.05) is 26.2 Å². The molecule has 0 saturated carbocycles. The first-order valence-electron chi connectivity index (χ1n) is 3.52. The molecule has 0 aromatic carbocycles. The predicted octanol–water partition coefficient (Wildman–Crippen LogP) is -0.645. The maximum absolute atomic E-state index is 10.9. The van der Waals surface area contributed by atoms with E-state index in [-0.39, 0.29) is 0 Å². The summed E-state index contributed by atoms with van der Waals surface area (Å²) in [6, 6.07) is 0. The molecule has 5 heteroatoms. The number of likely N-dealkylation sites (N-methyl/N-ethyl adjacent to an activating group) is 1. The number of nitrogens with zero attached hydrogens (tertiary/aromatic N) is 2. The molecule has 1 saturated heterocycles. The van der Waals surface area contributed by atoms with Crippen molar-refractivity contribution in [1.82, 2.24) is 9.21 Å². The average molecular weight is 177 g/mol. The highest BCUT2D eigenvalue weighted by molar-refractivity contribution is 7.90. The highest BCUT2D eigenvalue weighted by atomic mass is 32.2. The van der Waals surface area contributed by atoms with Crippen molar-refractivity contribution in [3.05, 3.63) is 6.26 Å². The Balaban J connectivity index is 2.53. The highest BCUT2D eigenvalue weighted by Crippen LogP contribution is 2.04. The Bertz CT molecular complexity index is 217. The van der Waals surface area contributed by atoms with E-state index in [1.165, 1.54) is 4.31 Å². The minimum absolute atomic E-state index is 0.572. The van der Waals surface area contributed by atoms with Crippen molar-refractivity contribution in [2.45, 2.75) is 0 Å². The van der Waals surface area contributed by atoms with Crippen molar-refractivity contribution in [3.63, 3.8) is 0 Å². The first-order valence-corrected chi connectivity index (χ1v) is 5.13. The smallest absolute Gasteiger partial charge is 0.215 e. The Kier molecular flexibility index (Phi) is 2.51. The standard InChI is InChI=1S/C6H13N2O2S/c1-7-3-5-8(6-4-7)11(2,9)10/h2-6H2,1H3. The fourth-order valence-electron chi connectivity index (χ4n) is 1.07. The lowest BCUT2D eigenvalue weighted by Crippen LogP contribution is -2.46. The molecule has 0 amide bonds. The maximum atomic E-state index is 10.9. The molecule has 11 heavy (non-hydrogen) atoms. The maximum Gasteiger partial charge on any atom is 0.215 e. The molecule has 0 bridgehead atoms. The van der Waals surface area contributed by atoms with Gasteiger partial charge in [-0.05, 0) is 7.05 Å². The van der Waals surface area contributed by atoms with Crippen LogP contribution in [0.2, 0.25) is 0 Å². The van der Waals surface area contributed by atoms with Crippen LogP contribution in [0.3, 0.4) is 0 Å².